The summed E-state index contributed by atoms with van der Waals surface area (Å²) in [5.74, 6) is 1.59. The van der Waals surface area contributed by atoms with E-state index < -0.39 is 5.97 Å². The Morgan fingerprint density at radius 1 is 0.944 bits per heavy atom. The van der Waals surface area contributed by atoms with E-state index in [1.54, 1.807) is 74.8 Å². The van der Waals surface area contributed by atoms with Gasteiger partial charge in [0, 0.05) is 43.8 Å². The zero-order valence-corrected chi connectivity index (χ0v) is 21.5. The Hall–Kier alpha value is -3.43. The van der Waals surface area contributed by atoms with Crippen LogP contribution in [0.4, 0.5) is 0 Å². The summed E-state index contributed by atoms with van der Waals surface area (Å²) in [6, 6.07) is 10.3. The van der Waals surface area contributed by atoms with Crippen molar-refractivity contribution in [2.24, 2.45) is 0 Å². The number of amides is 1. The summed E-state index contributed by atoms with van der Waals surface area (Å²) < 4.78 is 26.7. The molecule has 194 valence electrons. The van der Waals surface area contributed by atoms with Crippen molar-refractivity contribution in [1.29, 1.82) is 0 Å². The van der Waals surface area contributed by atoms with Crippen molar-refractivity contribution in [2.45, 2.75) is 0 Å². The van der Waals surface area contributed by atoms with Crippen LogP contribution in [0.1, 0.15) is 5.56 Å². The summed E-state index contributed by atoms with van der Waals surface area (Å²) in [5, 5.41) is 0.598. The molecule has 10 heteroatoms. The van der Waals surface area contributed by atoms with E-state index in [1.165, 1.54) is 0 Å². The predicted octanol–water partition coefficient (Wildman–Crippen LogP) is 3.15. The number of nitrogens with zero attached hydrogens (tertiary/aromatic N) is 2. The van der Waals surface area contributed by atoms with Gasteiger partial charge in [-0.25, -0.2) is 4.79 Å². The Morgan fingerprint density at radius 2 is 1.58 bits per heavy atom. The molecule has 0 aliphatic carbocycles. The summed E-state index contributed by atoms with van der Waals surface area (Å²) in [6.07, 6.45) is 3.27. The van der Waals surface area contributed by atoms with Crippen molar-refractivity contribution >= 4 is 29.6 Å². The topological polar surface area (TPSA) is 86.8 Å². The van der Waals surface area contributed by atoms with Crippen LogP contribution < -0.4 is 18.9 Å². The van der Waals surface area contributed by atoms with Crippen molar-refractivity contribution in [2.75, 3.05) is 67.3 Å². The number of halogens is 1. The van der Waals surface area contributed by atoms with Crippen LogP contribution in [-0.4, -0.2) is 88.9 Å². The van der Waals surface area contributed by atoms with Crippen LogP contribution in [-0.2, 0) is 14.3 Å². The third kappa shape index (κ3) is 7.79. The second kappa shape index (κ2) is 13.6. The number of esters is 1. The molecular weight excluding hydrogens is 488 g/mol. The summed E-state index contributed by atoms with van der Waals surface area (Å²) in [7, 11) is 4.64. The molecule has 0 atom stereocenters. The van der Waals surface area contributed by atoms with E-state index in [0.717, 1.165) is 5.56 Å². The molecule has 9 nitrogen and oxygen atoms in total. The fourth-order valence-corrected chi connectivity index (χ4v) is 3.79. The standard InChI is InChI=1S/C26H31ClN2O7/c1-32-22-16-19(17-23(33-2)26(22)34-3)4-9-24(30)29-12-10-28(11-13-29)14-15-35-25(31)18-36-21-7-5-20(27)6-8-21/h4-9,16-17H,10-15,18H2,1-3H3/b9-4+. The predicted molar refractivity (Wildman–Crippen MR) is 136 cm³/mol. The van der Waals surface area contributed by atoms with Gasteiger partial charge >= 0.3 is 5.97 Å². The first-order valence-electron chi connectivity index (χ1n) is 11.5. The minimum absolute atomic E-state index is 0.0748. The molecule has 0 radical (unpaired) electrons. The van der Waals surface area contributed by atoms with E-state index in [1.807, 2.05) is 0 Å². The quantitative estimate of drug-likeness (QED) is 0.331. The maximum atomic E-state index is 12.7. The number of ether oxygens (including phenoxy) is 5. The highest BCUT2D eigenvalue weighted by atomic mass is 35.5. The first-order valence-corrected chi connectivity index (χ1v) is 11.8. The fraction of sp³-hybridized carbons (Fsp3) is 0.385. The van der Waals surface area contributed by atoms with Crippen molar-refractivity contribution in [1.82, 2.24) is 9.80 Å². The van der Waals surface area contributed by atoms with Gasteiger partial charge in [0.1, 0.15) is 12.4 Å². The Morgan fingerprint density at radius 3 is 2.17 bits per heavy atom. The van der Waals surface area contributed by atoms with E-state index in [0.29, 0.717) is 60.7 Å². The van der Waals surface area contributed by atoms with Crippen LogP contribution in [0.2, 0.25) is 5.02 Å². The largest absolute Gasteiger partial charge is 0.493 e. The highest BCUT2D eigenvalue weighted by molar-refractivity contribution is 6.30. The van der Waals surface area contributed by atoms with Crippen molar-refractivity contribution in [3.05, 3.63) is 53.1 Å². The molecule has 0 N–H and O–H groups in total. The molecule has 0 aromatic heterocycles. The van der Waals surface area contributed by atoms with E-state index in [2.05, 4.69) is 4.90 Å². The van der Waals surface area contributed by atoms with Gasteiger partial charge in [0.05, 0.1) is 21.3 Å². The molecule has 0 unspecified atom stereocenters. The van der Waals surface area contributed by atoms with E-state index in [9.17, 15) is 9.59 Å². The van der Waals surface area contributed by atoms with Gasteiger partial charge in [-0.2, -0.15) is 0 Å². The fourth-order valence-electron chi connectivity index (χ4n) is 3.67. The molecule has 0 bridgehead atoms. The maximum absolute atomic E-state index is 12.7. The lowest BCUT2D eigenvalue weighted by molar-refractivity contribution is -0.146. The molecule has 36 heavy (non-hydrogen) atoms. The van der Waals surface area contributed by atoms with Gasteiger partial charge in [0.25, 0.3) is 0 Å². The lowest BCUT2D eigenvalue weighted by Crippen LogP contribution is -2.49. The number of benzene rings is 2. The van der Waals surface area contributed by atoms with Crippen LogP contribution in [0.25, 0.3) is 6.08 Å². The third-order valence-corrected chi connectivity index (χ3v) is 5.88. The first-order chi connectivity index (χ1) is 17.4. The van der Waals surface area contributed by atoms with Crippen LogP contribution >= 0.6 is 11.6 Å². The van der Waals surface area contributed by atoms with Gasteiger partial charge in [-0.1, -0.05) is 11.6 Å². The van der Waals surface area contributed by atoms with Crippen molar-refractivity contribution in [3.63, 3.8) is 0 Å². The molecule has 2 aromatic carbocycles. The van der Waals surface area contributed by atoms with Gasteiger partial charge in [0.15, 0.2) is 18.1 Å². The van der Waals surface area contributed by atoms with Gasteiger partial charge in [0.2, 0.25) is 11.7 Å². The van der Waals surface area contributed by atoms with Crippen molar-refractivity contribution in [3.8, 4) is 23.0 Å². The summed E-state index contributed by atoms with van der Waals surface area (Å²) in [5.41, 5.74) is 0.762. The van der Waals surface area contributed by atoms with E-state index >= 15 is 0 Å². The summed E-state index contributed by atoms with van der Waals surface area (Å²) in [4.78, 5) is 28.5. The molecule has 1 aliphatic rings. The SMILES string of the molecule is COc1cc(/C=C/C(=O)N2CCN(CCOC(=O)COc3ccc(Cl)cc3)CC2)cc(OC)c1OC. The zero-order valence-electron chi connectivity index (χ0n) is 20.7. The average molecular weight is 519 g/mol. The molecule has 1 saturated heterocycles. The molecule has 0 saturated carbocycles. The Kier molecular flexibility index (Phi) is 10.3. The molecule has 1 heterocycles. The molecule has 1 fully saturated rings. The molecule has 1 amide bonds. The minimum Gasteiger partial charge on any atom is -0.493 e. The number of hydrogen-bond donors (Lipinski definition) is 0. The van der Waals surface area contributed by atoms with E-state index in [-0.39, 0.29) is 19.1 Å². The lowest BCUT2D eigenvalue weighted by Gasteiger charge is -2.34. The third-order valence-electron chi connectivity index (χ3n) is 5.63. The van der Waals surface area contributed by atoms with Crippen LogP contribution in [0.5, 0.6) is 23.0 Å². The van der Waals surface area contributed by atoms with Gasteiger partial charge in [-0.15, -0.1) is 0 Å². The minimum atomic E-state index is -0.435. The number of carbonyl (C=O) groups excluding carboxylic acids is 2. The highest BCUT2D eigenvalue weighted by Gasteiger charge is 2.20. The number of hydrogen-bond acceptors (Lipinski definition) is 8. The first kappa shape index (κ1) is 27.2. The number of methoxy groups -OCH3 is 3. The van der Waals surface area contributed by atoms with Crippen LogP contribution in [0, 0.1) is 0 Å². The normalized spacial score (nSPS) is 13.9. The molecule has 2 aromatic rings. The maximum Gasteiger partial charge on any atom is 0.344 e. The van der Waals surface area contributed by atoms with Crippen molar-refractivity contribution < 1.29 is 33.3 Å². The molecular formula is C26H31ClN2O7. The average Bonchev–Trinajstić information content (AvgIpc) is 2.91. The smallest absolute Gasteiger partial charge is 0.344 e. The van der Waals surface area contributed by atoms with Gasteiger partial charge in [-0.3, -0.25) is 9.69 Å². The number of rotatable bonds is 11. The molecule has 0 spiro atoms. The summed E-state index contributed by atoms with van der Waals surface area (Å²) >= 11 is 5.82. The second-order valence-electron chi connectivity index (χ2n) is 7.92. The Labute approximate surface area is 216 Å². The number of carbonyl (C=O) groups is 2. The molecule has 1 aliphatic heterocycles. The van der Waals surface area contributed by atoms with E-state index in [4.69, 9.17) is 35.3 Å². The zero-order chi connectivity index (χ0) is 25.9. The molecule has 3 rings (SSSR count). The van der Waals surface area contributed by atoms with Gasteiger partial charge in [-0.05, 0) is 48.0 Å². The van der Waals surface area contributed by atoms with Crippen LogP contribution in [0.15, 0.2) is 42.5 Å². The Balaban J connectivity index is 1.39. The number of piperazine rings is 1. The highest BCUT2D eigenvalue weighted by Crippen LogP contribution is 2.38. The lowest BCUT2D eigenvalue weighted by atomic mass is 10.1. The van der Waals surface area contributed by atoms with Gasteiger partial charge < -0.3 is 28.6 Å². The monoisotopic (exact) mass is 518 g/mol. The second-order valence-corrected chi connectivity index (χ2v) is 8.36. The van der Waals surface area contributed by atoms with Crippen LogP contribution in [0.3, 0.4) is 0 Å². The summed E-state index contributed by atoms with van der Waals surface area (Å²) in [6.45, 7) is 3.26. The Bertz CT molecular complexity index is 1030.